The summed E-state index contributed by atoms with van der Waals surface area (Å²) >= 11 is 0. The average Bonchev–Trinajstić information content (AvgIpc) is 3.12. The Bertz CT molecular complexity index is 536. The van der Waals surface area contributed by atoms with E-state index < -0.39 is 5.97 Å². The minimum absolute atomic E-state index is 0.387. The summed E-state index contributed by atoms with van der Waals surface area (Å²) in [5, 5.41) is 9.52. The molecule has 0 radical (unpaired) electrons. The van der Waals surface area contributed by atoms with Gasteiger partial charge in [-0.15, -0.1) is 0 Å². The third kappa shape index (κ3) is 2.51. The van der Waals surface area contributed by atoms with Crippen LogP contribution in [0.4, 0.5) is 5.82 Å². The van der Waals surface area contributed by atoms with Crippen LogP contribution in [0.5, 0.6) is 0 Å². The lowest BCUT2D eigenvalue weighted by Gasteiger charge is -2.27. The number of aromatic carboxylic acids is 1. The number of carboxylic acid groups (broad SMARTS) is 1. The number of aryl methyl sites for hydroxylation is 2. The molecule has 0 saturated heterocycles. The summed E-state index contributed by atoms with van der Waals surface area (Å²) < 4.78 is 0. The van der Waals surface area contributed by atoms with Crippen LogP contribution in [0.15, 0.2) is 6.07 Å². The van der Waals surface area contributed by atoms with Gasteiger partial charge in [-0.2, -0.15) is 0 Å². The van der Waals surface area contributed by atoms with Crippen LogP contribution in [0.3, 0.4) is 0 Å². The Balaban J connectivity index is 2.03. The van der Waals surface area contributed by atoms with Gasteiger partial charge in [0.2, 0.25) is 0 Å². The standard InChI is InChI=1S/C16H22N2O2/c1-10(2)9-18(12-6-7-12)15-13(16(19)20)8-11-4-3-5-14(11)17-15/h8,10,12H,3-7,9H2,1-2H3,(H,19,20). The molecule has 0 spiro atoms. The van der Waals surface area contributed by atoms with Crippen LogP contribution in [-0.4, -0.2) is 28.6 Å². The maximum absolute atomic E-state index is 11.6. The van der Waals surface area contributed by atoms with Crippen LogP contribution in [0.1, 0.15) is 54.7 Å². The van der Waals surface area contributed by atoms with E-state index in [0.29, 0.717) is 23.3 Å². The molecule has 0 aliphatic heterocycles. The van der Waals surface area contributed by atoms with Gasteiger partial charge in [-0.25, -0.2) is 9.78 Å². The van der Waals surface area contributed by atoms with Crippen molar-refractivity contribution in [3.63, 3.8) is 0 Å². The number of fused-ring (bicyclic) bond motifs is 1. The second-order valence-corrected chi connectivity index (χ2v) is 6.40. The van der Waals surface area contributed by atoms with Gasteiger partial charge in [-0.05, 0) is 49.7 Å². The first-order valence-corrected chi connectivity index (χ1v) is 7.59. The molecule has 1 heterocycles. The van der Waals surface area contributed by atoms with Gasteiger partial charge in [0.15, 0.2) is 0 Å². The summed E-state index contributed by atoms with van der Waals surface area (Å²) in [6, 6.07) is 2.35. The molecule has 1 aromatic heterocycles. The van der Waals surface area contributed by atoms with E-state index in [1.54, 1.807) is 0 Å². The Labute approximate surface area is 119 Å². The molecule has 1 N–H and O–H groups in total. The van der Waals surface area contributed by atoms with E-state index in [-0.39, 0.29) is 0 Å². The summed E-state index contributed by atoms with van der Waals surface area (Å²) in [5.41, 5.74) is 2.63. The molecule has 2 aliphatic rings. The molecule has 20 heavy (non-hydrogen) atoms. The first-order chi connectivity index (χ1) is 9.56. The summed E-state index contributed by atoms with van der Waals surface area (Å²) in [5.74, 6) is 0.359. The van der Waals surface area contributed by atoms with Gasteiger partial charge in [0.1, 0.15) is 11.4 Å². The molecule has 108 valence electrons. The Morgan fingerprint density at radius 2 is 2.20 bits per heavy atom. The highest BCUT2D eigenvalue weighted by Gasteiger charge is 2.33. The number of carboxylic acids is 1. The second kappa shape index (κ2) is 5.08. The molecule has 4 heteroatoms. The van der Waals surface area contributed by atoms with Crippen LogP contribution in [0, 0.1) is 5.92 Å². The molecule has 2 aliphatic carbocycles. The van der Waals surface area contributed by atoms with Gasteiger partial charge >= 0.3 is 5.97 Å². The fourth-order valence-electron chi connectivity index (χ4n) is 3.03. The third-order valence-corrected chi connectivity index (χ3v) is 4.08. The molecule has 1 aromatic rings. The van der Waals surface area contributed by atoms with Crippen LogP contribution in [0.2, 0.25) is 0 Å². The highest BCUT2D eigenvalue weighted by Crippen LogP contribution is 2.35. The number of anilines is 1. The number of aromatic nitrogens is 1. The Morgan fingerprint density at radius 1 is 1.45 bits per heavy atom. The molecule has 0 atom stereocenters. The van der Waals surface area contributed by atoms with Gasteiger partial charge in [-0.3, -0.25) is 0 Å². The molecule has 4 nitrogen and oxygen atoms in total. The van der Waals surface area contributed by atoms with E-state index in [9.17, 15) is 9.90 Å². The minimum atomic E-state index is -0.850. The highest BCUT2D eigenvalue weighted by molar-refractivity contribution is 5.94. The van der Waals surface area contributed by atoms with E-state index in [1.807, 2.05) is 6.07 Å². The zero-order valence-electron chi connectivity index (χ0n) is 12.2. The molecular weight excluding hydrogens is 252 g/mol. The van der Waals surface area contributed by atoms with Gasteiger partial charge in [0.05, 0.1) is 0 Å². The lowest BCUT2D eigenvalue weighted by Crippen LogP contribution is -2.32. The average molecular weight is 274 g/mol. The summed E-state index contributed by atoms with van der Waals surface area (Å²) in [6.07, 6.45) is 5.37. The van der Waals surface area contributed by atoms with E-state index in [0.717, 1.165) is 49.9 Å². The van der Waals surface area contributed by atoms with Crippen molar-refractivity contribution in [3.8, 4) is 0 Å². The normalized spacial score (nSPS) is 17.4. The zero-order valence-corrected chi connectivity index (χ0v) is 12.2. The van der Waals surface area contributed by atoms with Crippen LogP contribution >= 0.6 is 0 Å². The zero-order chi connectivity index (χ0) is 14.3. The Kier molecular flexibility index (Phi) is 3.40. The predicted octanol–water partition coefficient (Wildman–Crippen LogP) is 2.89. The Hall–Kier alpha value is -1.58. The van der Waals surface area contributed by atoms with Gasteiger partial charge in [0, 0.05) is 18.3 Å². The summed E-state index contributed by atoms with van der Waals surface area (Å²) in [7, 11) is 0. The lowest BCUT2D eigenvalue weighted by molar-refractivity contribution is 0.0697. The maximum atomic E-state index is 11.6. The molecule has 0 bridgehead atoms. The van der Waals surface area contributed by atoms with E-state index >= 15 is 0 Å². The topological polar surface area (TPSA) is 53.4 Å². The predicted molar refractivity (Wildman–Crippen MR) is 78.4 cm³/mol. The second-order valence-electron chi connectivity index (χ2n) is 6.40. The minimum Gasteiger partial charge on any atom is -0.478 e. The van der Waals surface area contributed by atoms with Crippen molar-refractivity contribution in [1.82, 2.24) is 4.98 Å². The monoisotopic (exact) mass is 274 g/mol. The van der Waals surface area contributed by atoms with Crippen LogP contribution in [-0.2, 0) is 12.8 Å². The maximum Gasteiger partial charge on any atom is 0.339 e. The molecule has 3 rings (SSSR count). The van der Waals surface area contributed by atoms with Crippen molar-refractivity contribution in [2.45, 2.75) is 52.0 Å². The molecule has 1 fully saturated rings. The molecule has 0 aromatic carbocycles. The fourth-order valence-corrected chi connectivity index (χ4v) is 3.03. The largest absolute Gasteiger partial charge is 0.478 e. The van der Waals surface area contributed by atoms with E-state index in [2.05, 4.69) is 18.7 Å². The Morgan fingerprint density at radius 3 is 2.80 bits per heavy atom. The van der Waals surface area contributed by atoms with Crippen molar-refractivity contribution in [1.29, 1.82) is 0 Å². The van der Waals surface area contributed by atoms with Crippen LogP contribution < -0.4 is 4.90 Å². The van der Waals surface area contributed by atoms with Gasteiger partial charge in [0.25, 0.3) is 0 Å². The number of carbonyl (C=O) groups is 1. The number of rotatable bonds is 5. The number of nitrogens with zero attached hydrogens (tertiary/aromatic N) is 2. The number of hydrogen-bond acceptors (Lipinski definition) is 3. The summed E-state index contributed by atoms with van der Waals surface area (Å²) in [6.45, 7) is 5.23. The van der Waals surface area contributed by atoms with Crippen molar-refractivity contribution in [2.75, 3.05) is 11.4 Å². The van der Waals surface area contributed by atoms with Crippen molar-refractivity contribution in [3.05, 3.63) is 22.9 Å². The van der Waals surface area contributed by atoms with Gasteiger partial charge in [-0.1, -0.05) is 13.8 Å². The number of hydrogen-bond donors (Lipinski definition) is 1. The smallest absolute Gasteiger partial charge is 0.339 e. The van der Waals surface area contributed by atoms with Crippen molar-refractivity contribution in [2.24, 2.45) is 5.92 Å². The summed E-state index contributed by atoms with van der Waals surface area (Å²) in [4.78, 5) is 18.6. The van der Waals surface area contributed by atoms with E-state index in [4.69, 9.17) is 4.98 Å². The molecular formula is C16H22N2O2. The van der Waals surface area contributed by atoms with Crippen LogP contribution in [0.25, 0.3) is 0 Å². The quantitative estimate of drug-likeness (QED) is 0.897. The lowest BCUT2D eigenvalue weighted by atomic mass is 10.1. The highest BCUT2D eigenvalue weighted by atomic mass is 16.4. The first kappa shape index (κ1) is 13.4. The molecule has 0 unspecified atom stereocenters. The number of pyridine rings is 1. The SMILES string of the molecule is CC(C)CN(c1nc2c(cc1C(=O)O)CCC2)C1CC1. The van der Waals surface area contributed by atoms with Crippen molar-refractivity contribution >= 4 is 11.8 Å². The third-order valence-electron chi connectivity index (χ3n) is 4.08. The van der Waals surface area contributed by atoms with E-state index in [1.165, 1.54) is 0 Å². The van der Waals surface area contributed by atoms with Crippen molar-refractivity contribution < 1.29 is 9.90 Å². The first-order valence-electron chi connectivity index (χ1n) is 7.59. The molecule has 0 amide bonds. The molecule has 1 saturated carbocycles. The van der Waals surface area contributed by atoms with Gasteiger partial charge < -0.3 is 10.0 Å². The fraction of sp³-hybridized carbons (Fsp3) is 0.625.